The fourth-order valence-corrected chi connectivity index (χ4v) is 3.81. The number of hydrogen-bond acceptors (Lipinski definition) is 3. The largest absolute Gasteiger partial charge is 0.401 e. The highest BCUT2D eigenvalue weighted by atomic mass is 127. The molecule has 0 radical (unpaired) electrons. The van der Waals surface area contributed by atoms with Crippen molar-refractivity contribution in [3.8, 4) is 0 Å². The molecule has 0 saturated carbocycles. The van der Waals surface area contributed by atoms with E-state index >= 15 is 0 Å². The molecule has 1 amide bonds. The molecule has 10 heteroatoms. The van der Waals surface area contributed by atoms with Crippen LogP contribution in [0, 0.1) is 11.8 Å². The van der Waals surface area contributed by atoms with Crippen LogP contribution in [-0.2, 0) is 4.79 Å². The summed E-state index contributed by atoms with van der Waals surface area (Å²) in [6, 6.07) is 0. The number of carbonyl (C=O) groups is 1. The van der Waals surface area contributed by atoms with Gasteiger partial charge in [-0.2, -0.15) is 13.2 Å². The molecular formula is C17H31F3IN5O. The Kier molecular flexibility index (Phi) is 10.1. The highest BCUT2D eigenvalue weighted by Gasteiger charge is 2.34. The SMILES string of the molecule is CCNC(=NCC1CCN(CC(F)(F)F)C1)N1CCCC(CC(N)=O)C1.I. The zero-order valence-electron chi connectivity index (χ0n) is 15.8. The molecule has 27 heavy (non-hydrogen) atoms. The van der Waals surface area contributed by atoms with Crippen LogP contribution in [0.25, 0.3) is 0 Å². The molecule has 2 rings (SSSR count). The lowest BCUT2D eigenvalue weighted by molar-refractivity contribution is -0.143. The molecule has 0 bridgehead atoms. The van der Waals surface area contributed by atoms with E-state index in [-0.39, 0.29) is 41.7 Å². The number of nitrogens with one attached hydrogen (secondary N) is 1. The van der Waals surface area contributed by atoms with Crippen LogP contribution in [0.3, 0.4) is 0 Å². The third kappa shape index (κ3) is 8.84. The first-order valence-electron chi connectivity index (χ1n) is 9.37. The van der Waals surface area contributed by atoms with Crippen molar-refractivity contribution in [2.75, 3.05) is 45.8 Å². The number of rotatable bonds is 6. The summed E-state index contributed by atoms with van der Waals surface area (Å²) in [5.41, 5.74) is 5.31. The summed E-state index contributed by atoms with van der Waals surface area (Å²) in [5.74, 6) is 0.890. The van der Waals surface area contributed by atoms with Crippen molar-refractivity contribution in [2.45, 2.75) is 38.8 Å². The second-order valence-electron chi connectivity index (χ2n) is 7.32. The third-order valence-electron chi connectivity index (χ3n) is 4.92. The quantitative estimate of drug-likeness (QED) is 0.329. The number of primary amides is 1. The van der Waals surface area contributed by atoms with E-state index in [0.717, 1.165) is 44.9 Å². The molecule has 0 aromatic heterocycles. The number of carbonyl (C=O) groups excluding carboxylic acids is 1. The lowest BCUT2D eigenvalue weighted by atomic mass is 9.95. The van der Waals surface area contributed by atoms with Crippen LogP contribution < -0.4 is 11.1 Å². The Morgan fingerprint density at radius 1 is 1.22 bits per heavy atom. The molecule has 0 aromatic rings. The molecule has 2 aliphatic rings. The first kappa shape index (κ1) is 24.3. The van der Waals surface area contributed by atoms with Gasteiger partial charge in [0.2, 0.25) is 5.91 Å². The Morgan fingerprint density at radius 2 is 1.96 bits per heavy atom. The molecule has 0 aliphatic carbocycles. The lowest BCUT2D eigenvalue weighted by Gasteiger charge is -2.34. The van der Waals surface area contributed by atoms with Gasteiger partial charge in [-0.1, -0.05) is 0 Å². The number of aliphatic imine (C=N–C) groups is 1. The average molecular weight is 505 g/mol. The van der Waals surface area contributed by atoms with Gasteiger partial charge in [0, 0.05) is 39.1 Å². The van der Waals surface area contributed by atoms with E-state index in [0.29, 0.717) is 26.1 Å². The summed E-state index contributed by atoms with van der Waals surface area (Å²) >= 11 is 0. The number of nitrogens with zero attached hydrogens (tertiary/aromatic N) is 3. The Morgan fingerprint density at radius 3 is 2.59 bits per heavy atom. The predicted molar refractivity (Wildman–Crippen MR) is 110 cm³/mol. The van der Waals surface area contributed by atoms with Crippen molar-refractivity contribution in [2.24, 2.45) is 22.6 Å². The van der Waals surface area contributed by atoms with E-state index in [1.165, 1.54) is 4.90 Å². The summed E-state index contributed by atoms with van der Waals surface area (Å²) in [5, 5.41) is 3.27. The minimum atomic E-state index is -4.14. The van der Waals surface area contributed by atoms with Gasteiger partial charge in [-0.25, -0.2) is 0 Å². The molecule has 0 spiro atoms. The van der Waals surface area contributed by atoms with Crippen LogP contribution in [0.15, 0.2) is 4.99 Å². The molecular weight excluding hydrogens is 474 g/mol. The average Bonchev–Trinajstić information content (AvgIpc) is 2.96. The van der Waals surface area contributed by atoms with Gasteiger partial charge in [0.1, 0.15) is 0 Å². The maximum absolute atomic E-state index is 12.5. The molecule has 6 nitrogen and oxygen atoms in total. The summed E-state index contributed by atoms with van der Waals surface area (Å²) < 4.78 is 37.5. The maximum atomic E-state index is 12.5. The number of hydrogen-bond donors (Lipinski definition) is 2. The maximum Gasteiger partial charge on any atom is 0.401 e. The van der Waals surface area contributed by atoms with Gasteiger partial charge in [-0.3, -0.25) is 14.7 Å². The van der Waals surface area contributed by atoms with Gasteiger partial charge < -0.3 is 16.0 Å². The summed E-state index contributed by atoms with van der Waals surface area (Å²) in [6.07, 6.45) is -1.07. The van der Waals surface area contributed by atoms with Crippen LogP contribution >= 0.6 is 24.0 Å². The number of halogens is 4. The number of amides is 1. The van der Waals surface area contributed by atoms with Gasteiger partial charge in [0.05, 0.1) is 6.54 Å². The molecule has 2 saturated heterocycles. The highest BCUT2D eigenvalue weighted by Crippen LogP contribution is 2.23. The monoisotopic (exact) mass is 505 g/mol. The van der Waals surface area contributed by atoms with Crippen LogP contribution in [0.4, 0.5) is 13.2 Å². The molecule has 3 N–H and O–H groups in total. The van der Waals surface area contributed by atoms with Crippen LogP contribution in [0.5, 0.6) is 0 Å². The fraction of sp³-hybridized carbons (Fsp3) is 0.882. The zero-order chi connectivity index (χ0) is 19.2. The summed E-state index contributed by atoms with van der Waals surface area (Å²) in [6.45, 7) is 4.91. The number of nitrogens with two attached hydrogens (primary N) is 1. The minimum Gasteiger partial charge on any atom is -0.370 e. The van der Waals surface area contributed by atoms with Gasteiger partial charge in [0.25, 0.3) is 0 Å². The van der Waals surface area contributed by atoms with E-state index in [1.54, 1.807) is 0 Å². The van der Waals surface area contributed by atoms with Crippen molar-refractivity contribution in [3.63, 3.8) is 0 Å². The molecule has 158 valence electrons. The second-order valence-corrected chi connectivity index (χ2v) is 7.32. The topological polar surface area (TPSA) is 74.0 Å². The van der Waals surface area contributed by atoms with Gasteiger partial charge in [-0.05, 0) is 44.6 Å². The lowest BCUT2D eigenvalue weighted by Crippen LogP contribution is -2.47. The summed E-state index contributed by atoms with van der Waals surface area (Å²) in [4.78, 5) is 19.4. The Hall–Kier alpha value is -0.780. The molecule has 2 fully saturated rings. The molecule has 2 unspecified atom stereocenters. The normalized spacial score (nSPS) is 24.6. The number of alkyl halides is 3. The Balaban J connectivity index is 0.00000364. The smallest absolute Gasteiger partial charge is 0.370 e. The van der Waals surface area contributed by atoms with E-state index in [4.69, 9.17) is 5.73 Å². The van der Waals surface area contributed by atoms with Gasteiger partial charge >= 0.3 is 6.18 Å². The van der Waals surface area contributed by atoms with Crippen molar-refractivity contribution in [3.05, 3.63) is 0 Å². The summed E-state index contributed by atoms with van der Waals surface area (Å²) in [7, 11) is 0. The van der Waals surface area contributed by atoms with Crippen molar-refractivity contribution < 1.29 is 18.0 Å². The fourth-order valence-electron chi connectivity index (χ4n) is 3.81. The first-order valence-corrected chi connectivity index (χ1v) is 9.37. The number of likely N-dealkylation sites (tertiary alicyclic amines) is 2. The molecule has 2 aliphatic heterocycles. The van der Waals surface area contributed by atoms with Crippen LogP contribution in [-0.4, -0.2) is 73.7 Å². The standard InChI is InChI=1S/C17H30F3N5O.HI/c1-2-22-16(25-6-3-4-13(11-25)8-15(21)26)23-9-14-5-7-24(10-14)12-17(18,19)20;/h13-14H,2-12H2,1H3,(H2,21,26)(H,22,23);1H. The minimum absolute atomic E-state index is 0. The second kappa shape index (κ2) is 11.3. The van der Waals surface area contributed by atoms with Gasteiger partial charge in [-0.15, -0.1) is 24.0 Å². The Labute approximate surface area is 176 Å². The zero-order valence-corrected chi connectivity index (χ0v) is 18.1. The highest BCUT2D eigenvalue weighted by molar-refractivity contribution is 14.0. The molecule has 2 atom stereocenters. The molecule has 0 aromatic carbocycles. The van der Waals surface area contributed by atoms with Gasteiger partial charge in [0.15, 0.2) is 5.96 Å². The van der Waals surface area contributed by atoms with Crippen LogP contribution in [0.2, 0.25) is 0 Å². The third-order valence-corrected chi connectivity index (χ3v) is 4.92. The Bertz CT molecular complexity index is 503. The van der Waals surface area contributed by atoms with E-state index < -0.39 is 12.7 Å². The first-order chi connectivity index (χ1) is 12.3. The predicted octanol–water partition coefficient (Wildman–Crippen LogP) is 2.04. The van der Waals surface area contributed by atoms with Crippen LogP contribution in [0.1, 0.15) is 32.6 Å². The van der Waals surface area contributed by atoms with Crippen molar-refractivity contribution >= 4 is 35.8 Å². The van der Waals surface area contributed by atoms with E-state index in [9.17, 15) is 18.0 Å². The van der Waals surface area contributed by atoms with Crippen molar-refractivity contribution in [1.29, 1.82) is 0 Å². The number of guanidine groups is 1. The number of piperidine rings is 1. The van der Waals surface area contributed by atoms with Crippen molar-refractivity contribution in [1.82, 2.24) is 15.1 Å². The molecule has 2 heterocycles. The van der Waals surface area contributed by atoms with E-state index in [1.807, 2.05) is 6.92 Å². The van der Waals surface area contributed by atoms with E-state index in [2.05, 4.69) is 15.2 Å².